The fourth-order valence-corrected chi connectivity index (χ4v) is 6.76. The maximum absolute atomic E-state index is 12.5. The molecule has 1 aromatic rings. The van der Waals surface area contributed by atoms with Crippen LogP contribution in [-0.4, -0.2) is 24.4 Å². The Hall–Kier alpha value is -0.530. The van der Waals surface area contributed by atoms with Gasteiger partial charge in [-0.25, -0.2) is 13.1 Å². The van der Waals surface area contributed by atoms with Crippen LogP contribution in [0.15, 0.2) is 0 Å². The van der Waals surface area contributed by atoms with Crippen molar-refractivity contribution in [3.8, 4) is 0 Å². The van der Waals surface area contributed by atoms with Crippen LogP contribution in [0.5, 0.6) is 0 Å². The minimum atomic E-state index is -3.23. The van der Waals surface area contributed by atoms with E-state index in [0.29, 0.717) is 18.2 Å². The maximum Gasteiger partial charge on any atom is 0.212 e. The van der Waals surface area contributed by atoms with Crippen LogP contribution in [0.1, 0.15) is 67.3 Å². The second kappa shape index (κ2) is 5.53. The van der Waals surface area contributed by atoms with E-state index in [-0.39, 0.29) is 5.41 Å². The molecule has 4 saturated carbocycles. The topological polar surface area (TPSA) is 72.0 Å². The molecular formula is C15H23N3O2S2. The van der Waals surface area contributed by atoms with E-state index in [2.05, 4.69) is 14.9 Å². The zero-order valence-electron chi connectivity index (χ0n) is 12.8. The maximum atomic E-state index is 12.5. The highest BCUT2D eigenvalue weighted by molar-refractivity contribution is 7.89. The Kier molecular flexibility index (Phi) is 3.77. The predicted molar refractivity (Wildman–Crippen MR) is 86.1 cm³/mol. The molecule has 0 radical (unpaired) electrons. The van der Waals surface area contributed by atoms with Gasteiger partial charge in [0.15, 0.2) is 0 Å². The van der Waals surface area contributed by atoms with E-state index in [9.17, 15) is 8.42 Å². The molecule has 5 nitrogen and oxygen atoms in total. The lowest BCUT2D eigenvalue weighted by Gasteiger charge is -2.46. The molecule has 7 heteroatoms. The van der Waals surface area contributed by atoms with Gasteiger partial charge in [0.25, 0.3) is 0 Å². The summed E-state index contributed by atoms with van der Waals surface area (Å²) in [5.41, 5.74) is 0.0425. The highest BCUT2D eigenvalue weighted by atomic mass is 32.2. The molecule has 0 spiro atoms. The molecule has 4 aliphatic carbocycles. The monoisotopic (exact) mass is 341 g/mol. The van der Waals surface area contributed by atoms with Crippen LogP contribution in [0.25, 0.3) is 0 Å². The molecule has 22 heavy (non-hydrogen) atoms. The number of sulfonamides is 1. The van der Waals surface area contributed by atoms with Crippen molar-refractivity contribution >= 4 is 21.4 Å². The van der Waals surface area contributed by atoms with Crippen LogP contribution in [0.3, 0.4) is 0 Å². The van der Waals surface area contributed by atoms with E-state index in [1.807, 2.05) is 0 Å². The number of hydrogen-bond acceptors (Lipinski definition) is 5. The van der Waals surface area contributed by atoms with Crippen LogP contribution < -0.4 is 4.72 Å². The molecule has 0 aromatic carbocycles. The average Bonchev–Trinajstić information content (AvgIpc) is 3.25. The first-order valence-corrected chi connectivity index (χ1v) is 10.8. The normalized spacial score (nSPS) is 31.5. The quantitative estimate of drug-likeness (QED) is 0.863. The molecule has 0 unspecified atom stereocenters. The Bertz CT molecular complexity index is 630. The van der Waals surface area contributed by atoms with Gasteiger partial charge in [-0.1, -0.05) is 11.3 Å². The summed E-state index contributed by atoms with van der Waals surface area (Å²) in [6.45, 7) is 0.297. The van der Waals surface area contributed by atoms with Crippen LogP contribution in [0, 0.1) is 11.3 Å². The summed E-state index contributed by atoms with van der Waals surface area (Å²) in [6.07, 6.45) is 9.31. The van der Waals surface area contributed by atoms with Gasteiger partial charge in [0.05, 0.1) is 12.3 Å². The molecule has 0 amide bonds. The summed E-state index contributed by atoms with van der Waals surface area (Å²) in [6, 6.07) is 0. The fourth-order valence-electron chi connectivity index (χ4n) is 4.01. The van der Waals surface area contributed by atoms with Crippen molar-refractivity contribution in [2.24, 2.45) is 11.3 Å². The Morgan fingerprint density at radius 2 is 1.77 bits per heavy atom. The summed E-state index contributed by atoms with van der Waals surface area (Å²) in [5, 5.41) is 10.1. The second-order valence-electron chi connectivity index (χ2n) is 7.37. The smallest absolute Gasteiger partial charge is 0.212 e. The third kappa shape index (κ3) is 3.21. The highest BCUT2D eigenvalue weighted by Gasteiger charge is 2.43. The van der Waals surface area contributed by atoms with Crippen molar-refractivity contribution in [3.63, 3.8) is 0 Å². The second-order valence-corrected chi connectivity index (χ2v) is 10.3. The highest BCUT2D eigenvalue weighted by Crippen LogP contribution is 2.50. The summed E-state index contributed by atoms with van der Waals surface area (Å²) in [7, 11) is -3.23. The minimum Gasteiger partial charge on any atom is -0.212 e. The molecule has 0 atom stereocenters. The largest absolute Gasteiger partial charge is 0.212 e. The van der Waals surface area contributed by atoms with Gasteiger partial charge in [-0.05, 0) is 62.7 Å². The van der Waals surface area contributed by atoms with Gasteiger partial charge in [0, 0.05) is 5.92 Å². The minimum absolute atomic E-state index is 0.0425. The molecule has 0 saturated heterocycles. The van der Waals surface area contributed by atoms with Crippen LogP contribution in [-0.2, 0) is 16.6 Å². The van der Waals surface area contributed by atoms with Crippen molar-refractivity contribution in [1.29, 1.82) is 0 Å². The number of nitrogens with one attached hydrogen (secondary N) is 1. The van der Waals surface area contributed by atoms with E-state index in [1.165, 1.54) is 32.1 Å². The van der Waals surface area contributed by atoms with E-state index < -0.39 is 10.0 Å². The van der Waals surface area contributed by atoms with E-state index in [1.54, 1.807) is 11.3 Å². The van der Waals surface area contributed by atoms with Gasteiger partial charge >= 0.3 is 0 Å². The molecule has 2 bridgehead atoms. The predicted octanol–water partition coefficient (Wildman–Crippen LogP) is 2.81. The van der Waals surface area contributed by atoms with Gasteiger partial charge in [0.1, 0.15) is 10.0 Å². The zero-order valence-corrected chi connectivity index (χ0v) is 14.4. The van der Waals surface area contributed by atoms with Crippen LogP contribution in [0.4, 0.5) is 0 Å². The standard InChI is InChI=1S/C15H23N3O2S2/c19-22(20,10-15-6-3-11(4-7-15)5-8-15)16-9-13-17-18-14(21-13)12-1-2-12/h11-12,16H,1-10H2. The number of nitrogens with zero attached hydrogens (tertiary/aromatic N) is 2. The van der Waals surface area contributed by atoms with Gasteiger partial charge in [-0.2, -0.15) is 0 Å². The Balaban J connectivity index is 1.36. The van der Waals surface area contributed by atoms with Crippen LogP contribution in [0.2, 0.25) is 0 Å². The van der Waals surface area contributed by atoms with Gasteiger partial charge < -0.3 is 0 Å². The first-order valence-electron chi connectivity index (χ1n) is 8.33. The number of hydrogen-bond donors (Lipinski definition) is 1. The summed E-state index contributed by atoms with van der Waals surface area (Å²) < 4.78 is 27.7. The summed E-state index contributed by atoms with van der Waals surface area (Å²) in [5.74, 6) is 1.74. The molecule has 1 heterocycles. The lowest BCUT2D eigenvalue weighted by Crippen LogP contribution is -2.42. The van der Waals surface area contributed by atoms with E-state index >= 15 is 0 Å². The van der Waals surface area contributed by atoms with E-state index in [0.717, 1.165) is 35.2 Å². The van der Waals surface area contributed by atoms with Gasteiger partial charge in [-0.15, -0.1) is 10.2 Å². The number of fused-ring (bicyclic) bond motifs is 3. The lowest BCUT2D eigenvalue weighted by atomic mass is 9.62. The van der Waals surface area contributed by atoms with Crippen molar-refractivity contribution in [2.75, 3.05) is 5.75 Å². The SMILES string of the molecule is O=S(=O)(CC12CCC(CC1)CC2)NCc1nnc(C2CC2)s1. The van der Waals surface area contributed by atoms with E-state index in [4.69, 9.17) is 0 Å². The first-order chi connectivity index (χ1) is 10.5. The summed E-state index contributed by atoms with van der Waals surface area (Å²) in [4.78, 5) is 0. The fraction of sp³-hybridized carbons (Fsp3) is 0.867. The molecule has 0 aliphatic heterocycles. The zero-order chi connectivity index (χ0) is 15.2. The Morgan fingerprint density at radius 1 is 1.09 bits per heavy atom. The first kappa shape index (κ1) is 15.0. The van der Waals surface area contributed by atoms with Crippen molar-refractivity contribution < 1.29 is 8.42 Å². The third-order valence-electron chi connectivity index (χ3n) is 5.60. The molecule has 1 N–H and O–H groups in total. The third-order valence-corrected chi connectivity index (χ3v) is 8.26. The number of aromatic nitrogens is 2. The van der Waals surface area contributed by atoms with Crippen molar-refractivity contribution in [3.05, 3.63) is 10.0 Å². The lowest BCUT2D eigenvalue weighted by molar-refractivity contribution is 0.0858. The van der Waals surface area contributed by atoms with Crippen LogP contribution >= 0.6 is 11.3 Å². The van der Waals surface area contributed by atoms with Gasteiger partial charge in [0.2, 0.25) is 10.0 Å². The van der Waals surface area contributed by atoms with Crippen molar-refractivity contribution in [2.45, 2.75) is 63.8 Å². The molecule has 122 valence electrons. The molecule has 4 fully saturated rings. The molecule has 4 aliphatic rings. The molecule has 5 rings (SSSR count). The summed E-state index contributed by atoms with van der Waals surface area (Å²) >= 11 is 1.55. The van der Waals surface area contributed by atoms with Gasteiger partial charge in [-0.3, -0.25) is 0 Å². The molecule has 1 aromatic heterocycles. The Labute approximate surface area is 136 Å². The Morgan fingerprint density at radius 3 is 2.41 bits per heavy atom. The number of rotatable bonds is 6. The molecular weight excluding hydrogens is 318 g/mol. The average molecular weight is 342 g/mol. The van der Waals surface area contributed by atoms with Crippen molar-refractivity contribution in [1.82, 2.24) is 14.9 Å².